The number of hydrogen-bond donors (Lipinski definition) is 0. The van der Waals surface area contributed by atoms with Crippen molar-refractivity contribution in [3.63, 3.8) is 0 Å². The Balaban J connectivity index is 1.10. The van der Waals surface area contributed by atoms with E-state index in [9.17, 15) is 4.79 Å². The number of amides is 1. The summed E-state index contributed by atoms with van der Waals surface area (Å²) in [5.74, 6) is 3.95. The van der Waals surface area contributed by atoms with Crippen molar-refractivity contribution >= 4 is 5.91 Å². The van der Waals surface area contributed by atoms with Crippen LogP contribution in [0.3, 0.4) is 0 Å². The summed E-state index contributed by atoms with van der Waals surface area (Å²) in [6.07, 6.45) is 14.5. The van der Waals surface area contributed by atoms with E-state index < -0.39 is 0 Å². The van der Waals surface area contributed by atoms with E-state index in [4.69, 9.17) is 9.26 Å². The molecule has 4 aliphatic rings. The number of ether oxygens (including phenoxy) is 1. The second kappa shape index (κ2) is 8.37. The first-order valence-electron chi connectivity index (χ1n) is 11.9. The Morgan fingerprint density at radius 2 is 1.86 bits per heavy atom. The molecular weight excluding hydrogens is 366 g/mol. The van der Waals surface area contributed by atoms with Gasteiger partial charge in [-0.1, -0.05) is 30.8 Å². The average Bonchev–Trinajstić information content (AvgIpc) is 3.24. The summed E-state index contributed by atoms with van der Waals surface area (Å²) in [5, 5.41) is 4.16. The van der Waals surface area contributed by atoms with Crippen molar-refractivity contribution in [2.24, 2.45) is 11.8 Å². The molecule has 2 aliphatic carbocycles. The largest absolute Gasteiger partial charge is 0.375 e. The molecule has 1 aromatic rings. The molecule has 4 fully saturated rings. The number of rotatable bonds is 6. The molecule has 3 heterocycles. The van der Waals surface area contributed by atoms with E-state index in [0.29, 0.717) is 17.7 Å². The van der Waals surface area contributed by atoms with Crippen molar-refractivity contribution in [2.45, 2.75) is 95.0 Å². The van der Waals surface area contributed by atoms with E-state index in [1.54, 1.807) is 0 Å². The normalized spacial score (nSPS) is 27.6. The van der Waals surface area contributed by atoms with E-state index in [-0.39, 0.29) is 5.60 Å². The zero-order valence-corrected chi connectivity index (χ0v) is 17.6. The van der Waals surface area contributed by atoms with Crippen LogP contribution in [0.4, 0.5) is 0 Å². The Labute approximate surface area is 173 Å². The zero-order chi connectivity index (χ0) is 19.7. The first kappa shape index (κ1) is 19.5. The highest BCUT2D eigenvalue weighted by Gasteiger charge is 2.41. The first-order chi connectivity index (χ1) is 14.2. The summed E-state index contributed by atoms with van der Waals surface area (Å²) >= 11 is 0. The third kappa shape index (κ3) is 4.68. The number of aromatic nitrogens is 2. The van der Waals surface area contributed by atoms with Crippen LogP contribution in [-0.2, 0) is 16.0 Å². The number of piperidine rings is 1. The lowest BCUT2D eigenvalue weighted by molar-refractivity contribution is -0.147. The minimum absolute atomic E-state index is 0.0511. The molecule has 29 heavy (non-hydrogen) atoms. The third-order valence-corrected chi connectivity index (χ3v) is 7.75. The number of carbonyl (C=O) groups excluding carboxylic acids is 1. The van der Waals surface area contributed by atoms with Gasteiger partial charge in [-0.15, -0.1) is 0 Å². The van der Waals surface area contributed by atoms with Gasteiger partial charge in [0.1, 0.15) is 0 Å². The van der Waals surface area contributed by atoms with Crippen LogP contribution in [0.25, 0.3) is 0 Å². The van der Waals surface area contributed by atoms with Gasteiger partial charge in [0, 0.05) is 38.5 Å². The van der Waals surface area contributed by atoms with E-state index in [1.165, 1.54) is 38.5 Å². The average molecular weight is 402 g/mol. The molecule has 1 spiro atoms. The molecule has 6 heteroatoms. The van der Waals surface area contributed by atoms with Gasteiger partial charge in [-0.05, 0) is 56.8 Å². The number of hydrogen-bond acceptors (Lipinski definition) is 5. The fourth-order valence-corrected chi connectivity index (χ4v) is 5.71. The molecule has 6 nitrogen and oxygen atoms in total. The first-order valence-corrected chi connectivity index (χ1v) is 11.9. The molecular formula is C23H35N3O3. The smallest absolute Gasteiger partial charge is 0.226 e. The van der Waals surface area contributed by atoms with Crippen LogP contribution in [0.1, 0.15) is 94.7 Å². The topological polar surface area (TPSA) is 68.5 Å². The van der Waals surface area contributed by atoms with Crippen LogP contribution in [0.2, 0.25) is 0 Å². The molecule has 1 atom stereocenters. The summed E-state index contributed by atoms with van der Waals surface area (Å²) in [6.45, 7) is 2.51. The molecule has 2 saturated carbocycles. The number of nitrogens with zero attached hydrogens (tertiary/aromatic N) is 3. The molecule has 0 aromatic carbocycles. The van der Waals surface area contributed by atoms with Gasteiger partial charge < -0.3 is 14.2 Å². The maximum atomic E-state index is 12.7. The van der Waals surface area contributed by atoms with E-state index >= 15 is 0 Å². The maximum absolute atomic E-state index is 12.7. The minimum Gasteiger partial charge on any atom is -0.375 e. The van der Waals surface area contributed by atoms with Gasteiger partial charge in [0.15, 0.2) is 5.82 Å². The van der Waals surface area contributed by atoms with Gasteiger partial charge in [0.2, 0.25) is 11.8 Å². The van der Waals surface area contributed by atoms with E-state index in [1.807, 2.05) is 0 Å². The fraction of sp³-hybridized carbons (Fsp3) is 0.870. The molecule has 0 bridgehead atoms. The lowest BCUT2D eigenvalue weighted by Gasteiger charge is -2.46. The standard InChI is InChI=1S/C23H35N3O3/c27-21(8-5-17-3-1-2-4-17)26-12-10-23(11-13-26)16-18(9-14-28-23)15-20-24-22(25-29-20)19-6-7-19/h17-19H,1-16H2. The van der Waals surface area contributed by atoms with Crippen LogP contribution in [0.5, 0.6) is 0 Å². The summed E-state index contributed by atoms with van der Waals surface area (Å²) < 4.78 is 11.8. The Bertz CT molecular complexity index is 700. The van der Waals surface area contributed by atoms with Crippen molar-refractivity contribution in [2.75, 3.05) is 19.7 Å². The van der Waals surface area contributed by atoms with Crippen molar-refractivity contribution in [1.82, 2.24) is 15.0 Å². The summed E-state index contributed by atoms with van der Waals surface area (Å²) in [6, 6.07) is 0. The van der Waals surface area contributed by atoms with Crippen LogP contribution in [0.15, 0.2) is 4.52 Å². The summed E-state index contributed by atoms with van der Waals surface area (Å²) in [4.78, 5) is 19.4. The van der Waals surface area contributed by atoms with Gasteiger partial charge in [0.05, 0.1) is 5.60 Å². The highest BCUT2D eigenvalue weighted by Crippen LogP contribution is 2.40. The number of likely N-dealkylation sites (tertiary alicyclic amines) is 1. The van der Waals surface area contributed by atoms with Gasteiger partial charge in [0.25, 0.3) is 0 Å². The van der Waals surface area contributed by atoms with Crippen molar-refractivity contribution < 1.29 is 14.1 Å². The highest BCUT2D eigenvalue weighted by molar-refractivity contribution is 5.76. The van der Waals surface area contributed by atoms with Crippen LogP contribution >= 0.6 is 0 Å². The van der Waals surface area contributed by atoms with Gasteiger partial charge in [-0.3, -0.25) is 4.79 Å². The fourth-order valence-electron chi connectivity index (χ4n) is 5.71. The van der Waals surface area contributed by atoms with Crippen molar-refractivity contribution in [3.05, 3.63) is 11.7 Å². The zero-order valence-electron chi connectivity index (χ0n) is 17.6. The van der Waals surface area contributed by atoms with Crippen LogP contribution in [-0.4, -0.2) is 46.2 Å². The Hall–Kier alpha value is -1.43. The molecule has 0 N–H and O–H groups in total. The monoisotopic (exact) mass is 401 g/mol. The Morgan fingerprint density at radius 1 is 1.07 bits per heavy atom. The molecule has 1 amide bonds. The van der Waals surface area contributed by atoms with Crippen LogP contribution < -0.4 is 0 Å². The number of carbonyl (C=O) groups is 1. The Morgan fingerprint density at radius 3 is 2.62 bits per heavy atom. The lowest BCUT2D eigenvalue weighted by Crippen LogP contribution is -2.51. The van der Waals surface area contributed by atoms with Crippen molar-refractivity contribution in [3.8, 4) is 0 Å². The molecule has 1 aromatic heterocycles. The molecule has 0 radical (unpaired) electrons. The molecule has 2 aliphatic heterocycles. The molecule has 2 saturated heterocycles. The molecule has 5 rings (SSSR count). The van der Waals surface area contributed by atoms with E-state index in [0.717, 1.165) is 82.3 Å². The Kier molecular flexibility index (Phi) is 5.63. The minimum atomic E-state index is -0.0511. The summed E-state index contributed by atoms with van der Waals surface area (Å²) in [7, 11) is 0. The van der Waals surface area contributed by atoms with E-state index in [2.05, 4.69) is 15.0 Å². The van der Waals surface area contributed by atoms with Crippen LogP contribution in [0, 0.1) is 11.8 Å². The summed E-state index contributed by atoms with van der Waals surface area (Å²) in [5.41, 5.74) is -0.0511. The predicted octanol–water partition coefficient (Wildman–Crippen LogP) is 4.25. The molecule has 160 valence electrons. The third-order valence-electron chi connectivity index (χ3n) is 7.75. The predicted molar refractivity (Wildman–Crippen MR) is 108 cm³/mol. The second-order valence-electron chi connectivity index (χ2n) is 9.98. The SMILES string of the molecule is O=C(CCC1CCCC1)N1CCC2(CC1)CC(Cc1nc(C3CC3)no1)CCO2. The highest BCUT2D eigenvalue weighted by atomic mass is 16.5. The van der Waals surface area contributed by atoms with Gasteiger partial charge >= 0.3 is 0 Å². The van der Waals surface area contributed by atoms with Gasteiger partial charge in [-0.25, -0.2) is 0 Å². The lowest BCUT2D eigenvalue weighted by atomic mass is 9.78. The van der Waals surface area contributed by atoms with Gasteiger partial charge in [-0.2, -0.15) is 4.98 Å². The quantitative estimate of drug-likeness (QED) is 0.713. The molecule has 1 unspecified atom stereocenters. The maximum Gasteiger partial charge on any atom is 0.226 e. The van der Waals surface area contributed by atoms with Crippen molar-refractivity contribution in [1.29, 1.82) is 0 Å². The second-order valence-corrected chi connectivity index (χ2v) is 9.98.